The molecule has 0 saturated carbocycles. The van der Waals surface area contributed by atoms with Gasteiger partial charge in [-0.15, -0.1) is 0 Å². The molecule has 2 saturated heterocycles. The number of carbonyl (C=O) groups is 1. The molecule has 0 aromatic heterocycles. The van der Waals surface area contributed by atoms with E-state index < -0.39 is 0 Å². The normalized spacial score (nSPS) is 20.6. The van der Waals surface area contributed by atoms with Gasteiger partial charge < -0.3 is 9.80 Å². The zero-order valence-electron chi connectivity index (χ0n) is 11.0. The maximum Gasteiger partial charge on any atom is 0.246 e. The van der Waals surface area contributed by atoms with Crippen LogP contribution in [-0.2, 0) is 11.3 Å². The second-order valence-electron chi connectivity index (χ2n) is 5.43. The second kappa shape index (κ2) is 4.38. The molecule has 0 unspecified atom stereocenters. The number of halogens is 1. The van der Waals surface area contributed by atoms with Gasteiger partial charge in [-0.05, 0) is 25.0 Å². The van der Waals surface area contributed by atoms with Crippen LogP contribution in [0.3, 0.4) is 0 Å². The molecule has 0 radical (unpaired) electrons. The molecule has 104 valence electrons. The fourth-order valence-electron chi connectivity index (χ4n) is 3.08. The van der Waals surface area contributed by atoms with Gasteiger partial charge in [-0.25, -0.2) is 4.99 Å². The minimum atomic E-state index is -0.00700. The summed E-state index contributed by atoms with van der Waals surface area (Å²) >= 11 is 6.59. The summed E-state index contributed by atoms with van der Waals surface area (Å²) in [5.74, 6) is 0.639. The van der Waals surface area contributed by atoms with Crippen LogP contribution in [0.1, 0.15) is 18.4 Å². The van der Waals surface area contributed by atoms with E-state index in [1.165, 1.54) is 12.8 Å². The van der Waals surface area contributed by atoms with Crippen LogP contribution in [0.4, 0.5) is 11.4 Å². The van der Waals surface area contributed by atoms with Crippen molar-refractivity contribution in [3.05, 3.63) is 22.7 Å². The highest BCUT2D eigenvalue weighted by molar-refractivity contribution is 6.34. The first-order valence-electron chi connectivity index (χ1n) is 6.92. The molecule has 1 N–H and O–H groups in total. The molecule has 1 aromatic carbocycles. The standard InChI is InChI=1S/C14H15ClN4O/c15-13-9-7-19-8-12(20)17-14(19)16-10(9)3-4-11(13)18-5-1-2-6-18/h3-4H,1-2,5-8H2,(H,16,17,20). The highest BCUT2D eigenvalue weighted by Gasteiger charge is 2.31. The summed E-state index contributed by atoms with van der Waals surface area (Å²) in [4.78, 5) is 20.2. The molecule has 5 nitrogen and oxygen atoms in total. The highest BCUT2D eigenvalue weighted by atomic mass is 35.5. The smallest absolute Gasteiger partial charge is 0.246 e. The number of anilines is 1. The molecular weight excluding hydrogens is 276 g/mol. The van der Waals surface area contributed by atoms with Gasteiger partial charge in [0.15, 0.2) is 0 Å². The molecule has 0 aliphatic carbocycles. The first-order valence-corrected chi connectivity index (χ1v) is 7.30. The maximum absolute atomic E-state index is 11.4. The Labute approximate surface area is 122 Å². The Bertz CT molecular complexity index is 622. The first-order chi connectivity index (χ1) is 9.72. The summed E-state index contributed by atoms with van der Waals surface area (Å²) in [5.41, 5.74) is 2.99. The third-order valence-corrected chi connectivity index (χ3v) is 4.53. The van der Waals surface area contributed by atoms with Crippen molar-refractivity contribution >= 4 is 34.8 Å². The molecule has 0 atom stereocenters. The second-order valence-corrected chi connectivity index (χ2v) is 5.81. The molecule has 0 spiro atoms. The average molecular weight is 291 g/mol. The quantitative estimate of drug-likeness (QED) is 0.859. The molecule has 1 aromatic rings. The van der Waals surface area contributed by atoms with E-state index in [0.717, 1.165) is 35.1 Å². The van der Waals surface area contributed by atoms with E-state index in [0.29, 0.717) is 19.0 Å². The lowest BCUT2D eigenvalue weighted by Crippen LogP contribution is -2.32. The van der Waals surface area contributed by atoms with Crippen molar-refractivity contribution in [2.45, 2.75) is 19.4 Å². The van der Waals surface area contributed by atoms with E-state index in [1.807, 2.05) is 17.0 Å². The van der Waals surface area contributed by atoms with Gasteiger partial charge in [0, 0.05) is 18.7 Å². The Hall–Kier alpha value is -1.75. The molecule has 0 bridgehead atoms. The lowest BCUT2D eigenvalue weighted by molar-refractivity contribution is -0.118. The molecule has 1 amide bonds. The molecule has 3 aliphatic rings. The molecule has 20 heavy (non-hydrogen) atoms. The van der Waals surface area contributed by atoms with Crippen LogP contribution in [0.15, 0.2) is 17.1 Å². The van der Waals surface area contributed by atoms with Crippen LogP contribution < -0.4 is 10.2 Å². The SMILES string of the molecule is O=C1CN2Cc3c(ccc(N4CCCC4)c3Cl)N=C2N1. The van der Waals surface area contributed by atoms with Gasteiger partial charge in [-0.2, -0.15) is 0 Å². The number of benzene rings is 1. The number of guanidine groups is 1. The van der Waals surface area contributed by atoms with E-state index in [-0.39, 0.29) is 5.91 Å². The Morgan fingerprint density at radius 3 is 2.75 bits per heavy atom. The van der Waals surface area contributed by atoms with Gasteiger partial charge in [-0.1, -0.05) is 11.6 Å². The lowest BCUT2D eigenvalue weighted by Gasteiger charge is -2.27. The van der Waals surface area contributed by atoms with E-state index in [1.54, 1.807) is 0 Å². The van der Waals surface area contributed by atoms with Crippen molar-refractivity contribution in [3.8, 4) is 0 Å². The van der Waals surface area contributed by atoms with Gasteiger partial charge in [-0.3, -0.25) is 10.1 Å². The van der Waals surface area contributed by atoms with Crippen LogP contribution in [0.25, 0.3) is 0 Å². The minimum Gasteiger partial charge on any atom is -0.370 e. The van der Waals surface area contributed by atoms with Gasteiger partial charge in [0.05, 0.1) is 22.9 Å². The predicted octanol–water partition coefficient (Wildman–Crippen LogP) is 1.87. The number of aliphatic imine (C=N–C) groups is 1. The Morgan fingerprint density at radius 1 is 1.15 bits per heavy atom. The van der Waals surface area contributed by atoms with Crippen LogP contribution in [0, 0.1) is 0 Å². The number of rotatable bonds is 1. The molecule has 3 aliphatic heterocycles. The maximum atomic E-state index is 11.4. The molecule has 4 rings (SSSR count). The van der Waals surface area contributed by atoms with E-state index in [2.05, 4.69) is 15.2 Å². The molecule has 2 fully saturated rings. The molecule has 3 heterocycles. The van der Waals surface area contributed by atoms with Crippen molar-refractivity contribution in [3.63, 3.8) is 0 Å². The largest absolute Gasteiger partial charge is 0.370 e. The third-order valence-electron chi connectivity index (χ3n) is 4.11. The van der Waals surface area contributed by atoms with Crippen molar-refractivity contribution in [1.82, 2.24) is 10.2 Å². The van der Waals surface area contributed by atoms with E-state index in [4.69, 9.17) is 11.6 Å². The summed E-state index contributed by atoms with van der Waals surface area (Å²) in [6.45, 7) is 3.14. The summed E-state index contributed by atoms with van der Waals surface area (Å²) in [5, 5.41) is 3.55. The lowest BCUT2D eigenvalue weighted by atomic mass is 10.1. The van der Waals surface area contributed by atoms with Crippen molar-refractivity contribution in [1.29, 1.82) is 0 Å². The zero-order valence-corrected chi connectivity index (χ0v) is 11.8. The number of amides is 1. The average Bonchev–Trinajstić information content (AvgIpc) is 3.05. The van der Waals surface area contributed by atoms with Crippen molar-refractivity contribution in [2.75, 3.05) is 24.5 Å². The summed E-state index contributed by atoms with van der Waals surface area (Å²) in [6, 6.07) is 4.05. The monoisotopic (exact) mass is 290 g/mol. The molecular formula is C14H15ClN4O. The predicted molar refractivity (Wildman–Crippen MR) is 78.5 cm³/mol. The van der Waals surface area contributed by atoms with Gasteiger partial charge in [0.25, 0.3) is 0 Å². The van der Waals surface area contributed by atoms with Crippen molar-refractivity contribution < 1.29 is 4.79 Å². The summed E-state index contributed by atoms with van der Waals surface area (Å²) in [6.07, 6.45) is 2.44. The Balaban J connectivity index is 1.75. The number of hydrogen-bond donors (Lipinski definition) is 1. The van der Waals surface area contributed by atoms with Gasteiger partial charge in [0.2, 0.25) is 11.9 Å². The van der Waals surface area contributed by atoms with Crippen LogP contribution in [0.2, 0.25) is 5.02 Å². The van der Waals surface area contributed by atoms with Gasteiger partial charge >= 0.3 is 0 Å². The van der Waals surface area contributed by atoms with Crippen LogP contribution in [-0.4, -0.2) is 36.4 Å². The Morgan fingerprint density at radius 2 is 1.95 bits per heavy atom. The van der Waals surface area contributed by atoms with E-state index in [9.17, 15) is 4.79 Å². The van der Waals surface area contributed by atoms with E-state index >= 15 is 0 Å². The van der Waals surface area contributed by atoms with Crippen LogP contribution in [0.5, 0.6) is 0 Å². The Kier molecular flexibility index (Phi) is 2.63. The zero-order chi connectivity index (χ0) is 13.7. The fourth-order valence-corrected chi connectivity index (χ4v) is 3.42. The highest BCUT2D eigenvalue weighted by Crippen LogP contribution is 2.39. The third kappa shape index (κ3) is 1.77. The molecule has 6 heteroatoms. The number of hydrogen-bond acceptors (Lipinski definition) is 4. The van der Waals surface area contributed by atoms with Gasteiger partial charge in [0.1, 0.15) is 6.54 Å². The van der Waals surface area contributed by atoms with Crippen LogP contribution >= 0.6 is 11.6 Å². The minimum absolute atomic E-state index is 0.00700. The summed E-state index contributed by atoms with van der Waals surface area (Å²) in [7, 11) is 0. The van der Waals surface area contributed by atoms with Crippen molar-refractivity contribution in [2.24, 2.45) is 4.99 Å². The summed E-state index contributed by atoms with van der Waals surface area (Å²) < 4.78 is 0. The first kappa shape index (κ1) is 12.0. The number of carbonyl (C=O) groups excluding carboxylic acids is 1. The fraction of sp³-hybridized carbons (Fsp3) is 0.429. The number of fused-ring (bicyclic) bond motifs is 2. The number of nitrogens with zero attached hydrogens (tertiary/aromatic N) is 3. The topological polar surface area (TPSA) is 47.9 Å². The number of nitrogens with one attached hydrogen (secondary N) is 1.